The summed E-state index contributed by atoms with van der Waals surface area (Å²) in [5.41, 5.74) is 3.69. The van der Waals surface area contributed by atoms with E-state index in [2.05, 4.69) is 5.32 Å². The van der Waals surface area contributed by atoms with Crippen LogP contribution in [0.5, 0.6) is 0 Å². The Balaban J connectivity index is 2.06. The van der Waals surface area contributed by atoms with E-state index in [-0.39, 0.29) is 23.3 Å². The topological polar surface area (TPSA) is 86.8 Å². The molecule has 9 heteroatoms. The average molecular weight is 584 g/mol. The standard InChI is InChI=1S/C31H38ClN3O4S/c1-21(2)18-33-31(37)25(6)34(19-26-10-8-7-9-23(26)4)30(36)20-35(29-16-13-27(32)17-24(29)5)40(38,39)28-14-11-22(3)12-15-28/h7-17,21,25H,18-20H2,1-6H3,(H,33,37)/t25-/m1/s1. The Bertz CT molecular complexity index is 1460. The lowest BCUT2D eigenvalue weighted by atomic mass is 10.1. The van der Waals surface area contributed by atoms with Crippen LogP contribution in [-0.4, -0.2) is 44.3 Å². The lowest BCUT2D eigenvalue weighted by molar-refractivity contribution is -0.139. The first-order valence-electron chi connectivity index (χ1n) is 13.3. The second-order valence-electron chi connectivity index (χ2n) is 10.5. The zero-order valence-electron chi connectivity index (χ0n) is 23.9. The molecule has 3 rings (SSSR count). The van der Waals surface area contributed by atoms with E-state index in [4.69, 9.17) is 11.6 Å². The summed E-state index contributed by atoms with van der Waals surface area (Å²) in [4.78, 5) is 28.7. The zero-order valence-corrected chi connectivity index (χ0v) is 25.5. The quantitative estimate of drug-likeness (QED) is 0.316. The number of nitrogens with zero attached hydrogens (tertiary/aromatic N) is 2. The smallest absolute Gasteiger partial charge is 0.264 e. The van der Waals surface area contributed by atoms with Crippen molar-refractivity contribution in [3.05, 3.63) is 94.0 Å². The van der Waals surface area contributed by atoms with Gasteiger partial charge in [-0.15, -0.1) is 0 Å². The van der Waals surface area contributed by atoms with Gasteiger partial charge in [0.05, 0.1) is 10.6 Å². The number of carbonyl (C=O) groups is 2. The number of sulfonamides is 1. The number of hydrogen-bond donors (Lipinski definition) is 1. The molecule has 3 aromatic carbocycles. The molecule has 0 spiro atoms. The molecule has 0 aliphatic carbocycles. The van der Waals surface area contributed by atoms with Crippen molar-refractivity contribution in [3.63, 3.8) is 0 Å². The van der Waals surface area contributed by atoms with Gasteiger partial charge in [-0.05, 0) is 80.6 Å². The van der Waals surface area contributed by atoms with Crippen LogP contribution in [0.25, 0.3) is 0 Å². The summed E-state index contributed by atoms with van der Waals surface area (Å²) in [5, 5.41) is 3.36. The molecule has 0 saturated carbocycles. The molecule has 0 radical (unpaired) electrons. The predicted molar refractivity (Wildman–Crippen MR) is 161 cm³/mol. The van der Waals surface area contributed by atoms with Gasteiger partial charge in [-0.25, -0.2) is 8.42 Å². The molecule has 214 valence electrons. The van der Waals surface area contributed by atoms with Crippen LogP contribution in [0.1, 0.15) is 43.0 Å². The largest absolute Gasteiger partial charge is 0.354 e. The lowest BCUT2D eigenvalue weighted by Gasteiger charge is -2.33. The number of anilines is 1. The Labute approximate surface area is 243 Å². The molecule has 40 heavy (non-hydrogen) atoms. The maximum atomic E-state index is 14.1. The van der Waals surface area contributed by atoms with Crippen molar-refractivity contribution in [2.24, 2.45) is 5.92 Å². The van der Waals surface area contributed by atoms with Crippen LogP contribution >= 0.6 is 11.6 Å². The van der Waals surface area contributed by atoms with E-state index < -0.39 is 28.5 Å². The van der Waals surface area contributed by atoms with Crippen molar-refractivity contribution in [1.29, 1.82) is 0 Å². The molecule has 1 atom stereocenters. The molecule has 7 nitrogen and oxygen atoms in total. The number of carbonyl (C=O) groups excluding carboxylic acids is 2. The monoisotopic (exact) mass is 583 g/mol. The van der Waals surface area contributed by atoms with E-state index in [1.165, 1.54) is 17.0 Å². The van der Waals surface area contributed by atoms with E-state index in [0.29, 0.717) is 22.8 Å². The third kappa shape index (κ3) is 7.64. The molecule has 0 fully saturated rings. The molecule has 0 bridgehead atoms. The Morgan fingerprint density at radius 1 is 0.900 bits per heavy atom. The summed E-state index contributed by atoms with van der Waals surface area (Å²) in [6, 6.07) is 18.1. The molecule has 0 heterocycles. The van der Waals surface area contributed by atoms with Crippen LogP contribution in [0.15, 0.2) is 71.6 Å². The number of hydrogen-bond acceptors (Lipinski definition) is 4. The SMILES string of the molecule is Cc1ccc(S(=O)(=O)N(CC(=O)N(Cc2ccccc2C)[C@H](C)C(=O)NCC(C)C)c2ccc(Cl)cc2C)cc1. The lowest BCUT2D eigenvalue weighted by Crippen LogP contribution is -2.51. The average Bonchev–Trinajstić information content (AvgIpc) is 2.90. The Morgan fingerprint density at radius 2 is 1.55 bits per heavy atom. The highest BCUT2D eigenvalue weighted by atomic mass is 35.5. The molecule has 0 aromatic heterocycles. The van der Waals surface area contributed by atoms with Crippen LogP contribution in [0.3, 0.4) is 0 Å². The second kappa shape index (κ2) is 13.3. The first kappa shape index (κ1) is 31.2. The van der Waals surface area contributed by atoms with E-state index in [1.807, 2.05) is 52.0 Å². The fourth-order valence-corrected chi connectivity index (χ4v) is 5.96. The first-order valence-corrected chi connectivity index (χ1v) is 15.1. The Hall–Kier alpha value is -3.36. The first-order chi connectivity index (χ1) is 18.8. The van der Waals surface area contributed by atoms with Gasteiger partial charge in [0.1, 0.15) is 12.6 Å². The molecule has 0 saturated heterocycles. The van der Waals surface area contributed by atoms with Gasteiger partial charge in [-0.3, -0.25) is 13.9 Å². The number of halogens is 1. The van der Waals surface area contributed by atoms with E-state index in [1.54, 1.807) is 44.2 Å². The number of rotatable bonds is 11. The molecule has 3 aromatic rings. The summed E-state index contributed by atoms with van der Waals surface area (Å²) >= 11 is 6.17. The van der Waals surface area contributed by atoms with Crippen molar-refractivity contribution in [2.45, 2.75) is 59.0 Å². The predicted octanol–water partition coefficient (Wildman–Crippen LogP) is 5.65. The van der Waals surface area contributed by atoms with Crippen molar-refractivity contribution >= 4 is 39.1 Å². The van der Waals surface area contributed by atoms with Crippen LogP contribution in [0, 0.1) is 26.7 Å². The highest BCUT2D eigenvalue weighted by Crippen LogP contribution is 2.29. The fourth-order valence-electron chi connectivity index (χ4n) is 4.26. The van der Waals surface area contributed by atoms with Crippen LogP contribution < -0.4 is 9.62 Å². The third-order valence-electron chi connectivity index (χ3n) is 6.77. The summed E-state index contributed by atoms with van der Waals surface area (Å²) in [6.07, 6.45) is 0. The third-order valence-corrected chi connectivity index (χ3v) is 8.78. The Morgan fingerprint density at radius 3 is 2.15 bits per heavy atom. The van der Waals surface area contributed by atoms with Gasteiger partial charge in [0, 0.05) is 18.1 Å². The maximum absolute atomic E-state index is 14.1. The minimum absolute atomic E-state index is 0.0634. The zero-order chi connectivity index (χ0) is 29.6. The molecule has 1 N–H and O–H groups in total. The van der Waals surface area contributed by atoms with Gasteiger partial charge in [0.15, 0.2) is 0 Å². The van der Waals surface area contributed by atoms with Gasteiger partial charge < -0.3 is 10.2 Å². The fraction of sp³-hybridized carbons (Fsp3) is 0.355. The molecular weight excluding hydrogens is 546 g/mol. The van der Waals surface area contributed by atoms with E-state index in [0.717, 1.165) is 21.0 Å². The van der Waals surface area contributed by atoms with Crippen molar-refractivity contribution in [2.75, 3.05) is 17.4 Å². The highest BCUT2D eigenvalue weighted by Gasteiger charge is 2.33. The second-order valence-corrected chi connectivity index (χ2v) is 12.8. The minimum Gasteiger partial charge on any atom is -0.354 e. The molecule has 0 aliphatic heterocycles. The van der Waals surface area contributed by atoms with Crippen LogP contribution in [0.4, 0.5) is 5.69 Å². The molecule has 0 aliphatic rings. The van der Waals surface area contributed by atoms with Crippen molar-refractivity contribution in [3.8, 4) is 0 Å². The van der Waals surface area contributed by atoms with Crippen molar-refractivity contribution < 1.29 is 18.0 Å². The van der Waals surface area contributed by atoms with Gasteiger partial charge in [0.25, 0.3) is 10.0 Å². The van der Waals surface area contributed by atoms with Gasteiger partial charge >= 0.3 is 0 Å². The Kier molecular flexibility index (Phi) is 10.4. The highest BCUT2D eigenvalue weighted by molar-refractivity contribution is 7.92. The van der Waals surface area contributed by atoms with Crippen molar-refractivity contribution in [1.82, 2.24) is 10.2 Å². The van der Waals surface area contributed by atoms with Gasteiger partial charge in [0.2, 0.25) is 11.8 Å². The molecular formula is C31H38ClN3O4S. The van der Waals surface area contributed by atoms with Crippen LogP contribution in [-0.2, 0) is 26.2 Å². The van der Waals surface area contributed by atoms with Gasteiger partial charge in [-0.1, -0.05) is 67.4 Å². The maximum Gasteiger partial charge on any atom is 0.264 e. The minimum atomic E-state index is -4.14. The summed E-state index contributed by atoms with van der Waals surface area (Å²) in [5.74, 6) is -0.563. The summed E-state index contributed by atoms with van der Waals surface area (Å²) in [7, 11) is -4.14. The molecule has 0 unspecified atom stereocenters. The number of aryl methyl sites for hydroxylation is 3. The number of nitrogens with one attached hydrogen (secondary N) is 1. The number of amides is 2. The normalized spacial score (nSPS) is 12.2. The van der Waals surface area contributed by atoms with Gasteiger partial charge in [-0.2, -0.15) is 0 Å². The molecule has 2 amide bonds. The van der Waals surface area contributed by atoms with E-state index >= 15 is 0 Å². The van der Waals surface area contributed by atoms with E-state index in [9.17, 15) is 18.0 Å². The summed E-state index contributed by atoms with van der Waals surface area (Å²) in [6.45, 7) is 11.3. The summed E-state index contributed by atoms with van der Waals surface area (Å²) < 4.78 is 29.1. The number of benzene rings is 3. The van der Waals surface area contributed by atoms with Crippen LogP contribution in [0.2, 0.25) is 5.02 Å².